The Morgan fingerprint density at radius 2 is 2.18 bits per heavy atom. The van der Waals surface area contributed by atoms with Crippen LogP contribution < -0.4 is 4.74 Å². The third-order valence-corrected chi connectivity index (χ3v) is 3.58. The third-order valence-electron chi connectivity index (χ3n) is 2.35. The summed E-state index contributed by atoms with van der Waals surface area (Å²) in [7, 11) is 0. The summed E-state index contributed by atoms with van der Waals surface area (Å²) in [6.45, 7) is 0.579. The summed E-state index contributed by atoms with van der Waals surface area (Å²) in [5.74, 6) is 0.635. The fourth-order valence-corrected chi connectivity index (χ4v) is 2.41. The molecule has 90 valence electrons. The van der Waals surface area contributed by atoms with Gasteiger partial charge >= 0.3 is 0 Å². The highest BCUT2D eigenvalue weighted by molar-refractivity contribution is 7.09. The average molecular weight is 271 g/mol. The zero-order valence-corrected chi connectivity index (χ0v) is 10.7. The zero-order chi connectivity index (χ0) is 12.1. The standard InChI is InChI=1S/C13H12ClFOS/c14-9-10-8-11(15)3-4-13(10)16-6-5-12-2-1-7-17-12/h1-4,7-8H,5-6,9H2. The Morgan fingerprint density at radius 1 is 1.29 bits per heavy atom. The largest absolute Gasteiger partial charge is 0.493 e. The second kappa shape index (κ2) is 6.03. The van der Waals surface area contributed by atoms with Gasteiger partial charge in [0, 0.05) is 16.9 Å². The summed E-state index contributed by atoms with van der Waals surface area (Å²) in [6.07, 6.45) is 0.858. The maximum atomic E-state index is 13.0. The van der Waals surface area contributed by atoms with Crippen LogP contribution >= 0.6 is 22.9 Å². The van der Waals surface area contributed by atoms with E-state index in [1.54, 1.807) is 17.4 Å². The number of rotatable bonds is 5. The molecule has 0 amide bonds. The topological polar surface area (TPSA) is 9.23 Å². The number of halogens is 2. The van der Waals surface area contributed by atoms with Gasteiger partial charge in [-0.3, -0.25) is 0 Å². The summed E-state index contributed by atoms with van der Waals surface area (Å²) >= 11 is 7.44. The lowest BCUT2D eigenvalue weighted by Crippen LogP contribution is -2.02. The minimum Gasteiger partial charge on any atom is -0.493 e. The monoisotopic (exact) mass is 270 g/mol. The quantitative estimate of drug-likeness (QED) is 0.738. The van der Waals surface area contributed by atoms with Gasteiger partial charge in [-0.15, -0.1) is 22.9 Å². The van der Waals surface area contributed by atoms with Crippen LogP contribution in [0.2, 0.25) is 0 Å². The molecule has 0 spiro atoms. The van der Waals surface area contributed by atoms with Crippen LogP contribution in [0.3, 0.4) is 0 Å². The Hall–Kier alpha value is -1.06. The van der Waals surface area contributed by atoms with Crippen LogP contribution in [-0.2, 0) is 12.3 Å². The van der Waals surface area contributed by atoms with Crippen molar-refractivity contribution in [1.82, 2.24) is 0 Å². The molecule has 0 N–H and O–H groups in total. The van der Waals surface area contributed by atoms with E-state index in [-0.39, 0.29) is 11.7 Å². The van der Waals surface area contributed by atoms with E-state index in [9.17, 15) is 4.39 Å². The predicted octanol–water partition coefficient (Wildman–Crippen LogP) is 4.25. The Balaban J connectivity index is 1.94. The van der Waals surface area contributed by atoms with E-state index in [1.165, 1.54) is 17.0 Å². The van der Waals surface area contributed by atoms with Gasteiger partial charge in [-0.05, 0) is 29.6 Å². The van der Waals surface area contributed by atoms with Crippen molar-refractivity contribution in [2.75, 3.05) is 6.61 Å². The van der Waals surface area contributed by atoms with Crippen molar-refractivity contribution >= 4 is 22.9 Å². The highest BCUT2D eigenvalue weighted by Crippen LogP contribution is 2.22. The van der Waals surface area contributed by atoms with Gasteiger partial charge in [0.1, 0.15) is 11.6 Å². The van der Waals surface area contributed by atoms with Crippen LogP contribution in [-0.4, -0.2) is 6.61 Å². The molecule has 0 bridgehead atoms. The molecule has 0 aliphatic heterocycles. The second-order valence-corrected chi connectivity index (χ2v) is 4.86. The normalized spacial score (nSPS) is 10.5. The number of ether oxygens (including phenoxy) is 1. The van der Waals surface area contributed by atoms with E-state index in [1.807, 2.05) is 11.4 Å². The molecule has 4 heteroatoms. The number of alkyl halides is 1. The highest BCUT2D eigenvalue weighted by atomic mass is 35.5. The zero-order valence-electron chi connectivity index (χ0n) is 9.16. The van der Waals surface area contributed by atoms with E-state index < -0.39 is 0 Å². The third kappa shape index (κ3) is 3.45. The van der Waals surface area contributed by atoms with Gasteiger partial charge < -0.3 is 4.74 Å². The lowest BCUT2D eigenvalue weighted by molar-refractivity contribution is 0.320. The van der Waals surface area contributed by atoms with Gasteiger partial charge in [0.05, 0.1) is 12.5 Å². The molecular formula is C13H12ClFOS. The van der Waals surface area contributed by atoms with Crippen LogP contribution in [0.4, 0.5) is 4.39 Å². The molecule has 1 aromatic carbocycles. The van der Waals surface area contributed by atoms with E-state index in [4.69, 9.17) is 16.3 Å². The minimum absolute atomic E-state index is 0.256. The maximum absolute atomic E-state index is 13.0. The maximum Gasteiger partial charge on any atom is 0.123 e. The number of thiophene rings is 1. The van der Waals surface area contributed by atoms with E-state index >= 15 is 0 Å². The molecule has 17 heavy (non-hydrogen) atoms. The first kappa shape index (κ1) is 12.4. The smallest absolute Gasteiger partial charge is 0.123 e. The molecular weight excluding hydrogens is 259 g/mol. The van der Waals surface area contributed by atoms with Gasteiger partial charge in [0.15, 0.2) is 0 Å². The van der Waals surface area contributed by atoms with Crippen LogP contribution in [0.15, 0.2) is 35.7 Å². The molecule has 2 rings (SSSR count). The summed E-state index contributed by atoms with van der Waals surface area (Å²) in [5.41, 5.74) is 0.692. The van der Waals surface area contributed by atoms with Crippen LogP contribution in [0.1, 0.15) is 10.4 Å². The fraction of sp³-hybridized carbons (Fsp3) is 0.231. The lowest BCUT2D eigenvalue weighted by Gasteiger charge is -2.09. The molecule has 0 aliphatic carbocycles. The molecule has 0 saturated carbocycles. The van der Waals surface area contributed by atoms with Crippen molar-refractivity contribution in [2.24, 2.45) is 0 Å². The summed E-state index contributed by atoms with van der Waals surface area (Å²) in [6, 6.07) is 8.51. The number of hydrogen-bond donors (Lipinski definition) is 0. The summed E-state index contributed by atoms with van der Waals surface area (Å²) < 4.78 is 18.6. The first-order valence-electron chi connectivity index (χ1n) is 5.29. The molecule has 0 aliphatic rings. The fourth-order valence-electron chi connectivity index (χ4n) is 1.51. The molecule has 1 aromatic heterocycles. The molecule has 1 heterocycles. The van der Waals surface area contributed by atoms with Gasteiger partial charge in [-0.2, -0.15) is 0 Å². The molecule has 0 fully saturated rings. The lowest BCUT2D eigenvalue weighted by atomic mass is 10.2. The van der Waals surface area contributed by atoms with Crippen molar-refractivity contribution in [1.29, 1.82) is 0 Å². The van der Waals surface area contributed by atoms with Crippen molar-refractivity contribution in [3.05, 3.63) is 52.0 Å². The summed E-state index contributed by atoms with van der Waals surface area (Å²) in [4.78, 5) is 1.28. The van der Waals surface area contributed by atoms with Crippen molar-refractivity contribution in [3.8, 4) is 5.75 Å². The first-order chi connectivity index (χ1) is 8.29. The van der Waals surface area contributed by atoms with E-state index in [0.717, 1.165) is 6.42 Å². The van der Waals surface area contributed by atoms with Gasteiger partial charge in [0.2, 0.25) is 0 Å². The Morgan fingerprint density at radius 3 is 2.88 bits per heavy atom. The molecule has 0 unspecified atom stereocenters. The van der Waals surface area contributed by atoms with E-state index in [2.05, 4.69) is 6.07 Å². The molecule has 0 saturated heterocycles. The summed E-state index contributed by atoms with van der Waals surface area (Å²) in [5, 5.41) is 2.04. The number of benzene rings is 1. The van der Waals surface area contributed by atoms with Gasteiger partial charge in [0.25, 0.3) is 0 Å². The molecule has 0 radical (unpaired) electrons. The van der Waals surface area contributed by atoms with E-state index in [0.29, 0.717) is 17.9 Å². The van der Waals surface area contributed by atoms with Crippen LogP contribution in [0.25, 0.3) is 0 Å². The van der Waals surface area contributed by atoms with Gasteiger partial charge in [-0.1, -0.05) is 6.07 Å². The van der Waals surface area contributed by atoms with Crippen molar-refractivity contribution < 1.29 is 9.13 Å². The van der Waals surface area contributed by atoms with Crippen LogP contribution in [0, 0.1) is 5.82 Å². The van der Waals surface area contributed by atoms with Crippen LogP contribution in [0.5, 0.6) is 5.75 Å². The molecule has 2 aromatic rings. The average Bonchev–Trinajstić information content (AvgIpc) is 2.84. The predicted molar refractivity (Wildman–Crippen MR) is 69.5 cm³/mol. The minimum atomic E-state index is -0.286. The second-order valence-electron chi connectivity index (χ2n) is 3.56. The first-order valence-corrected chi connectivity index (χ1v) is 6.70. The Labute approximate surface area is 109 Å². The van der Waals surface area contributed by atoms with Gasteiger partial charge in [-0.25, -0.2) is 4.39 Å². The SMILES string of the molecule is Fc1ccc(OCCc2cccs2)c(CCl)c1. The Kier molecular flexibility index (Phi) is 4.40. The molecule has 0 atom stereocenters. The van der Waals surface area contributed by atoms with Crippen molar-refractivity contribution in [2.45, 2.75) is 12.3 Å². The van der Waals surface area contributed by atoms with Crippen molar-refractivity contribution in [3.63, 3.8) is 0 Å². The number of hydrogen-bond acceptors (Lipinski definition) is 2. The highest BCUT2D eigenvalue weighted by Gasteiger charge is 2.04. The Bertz CT molecular complexity index is 470. The molecule has 1 nitrogen and oxygen atoms in total.